The van der Waals surface area contributed by atoms with Crippen LogP contribution in [0.1, 0.15) is 11.1 Å². The fraction of sp³-hybridized carbons (Fsp3) is 0.0333. The zero-order valence-corrected chi connectivity index (χ0v) is 20.6. The van der Waals surface area contributed by atoms with Crippen molar-refractivity contribution in [1.82, 2.24) is 0 Å². The summed E-state index contributed by atoms with van der Waals surface area (Å²) in [5, 5.41) is 0. The highest BCUT2D eigenvalue weighted by atomic mass is 32.2. The summed E-state index contributed by atoms with van der Waals surface area (Å²) in [6.45, 7) is 1.82. The number of hydrogen-bond acceptors (Lipinski definition) is 4. The summed E-state index contributed by atoms with van der Waals surface area (Å²) in [6.07, 6.45) is 14.8. The maximum atomic E-state index is 10.4. The van der Waals surface area contributed by atoms with Crippen LogP contribution in [-0.2, 0) is 10.1 Å². The van der Waals surface area contributed by atoms with Crippen molar-refractivity contribution in [3.05, 3.63) is 151 Å². The molecule has 1 aliphatic rings. The van der Waals surface area contributed by atoms with Gasteiger partial charge in [0.15, 0.2) is 12.4 Å². The minimum atomic E-state index is -4.27. The van der Waals surface area contributed by atoms with Gasteiger partial charge >= 0.3 is 0 Å². The number of rotatable bonds is 4. The van der Waals surface area contributed by atoms with Gasteiger partial charge < -0.3 is 9.45 Å². The number of benzene rings is 3. The molecule has 0 amide bonds. The molecule has 3 aromatic carbocycles. The first-order valence-corrected chi connectivity index (χ1v) is 12.8. The van der Waals surface area contributed by atoms with Gasteiger partial charge in [0.05, 0.1) is 4.90 Å². The molecule has 6 heteroatoms. The molecule has 0 aliphatic carbocycles. The summed E-state index contributed by atoms with van der Waals surface area (Å²) in [4.78, 5) is 1.94. The lowest BCUT2D eigenvalue weighted by Gasteiger charge is -2.18. The fourth-order valence-electron chi connectivity index (χ4n) is 3.51. The standard InChI is InChI=1S/C23H19N2.C7H8O3S/c1-3-7-22(8-4-1)24-15-11-20(12-16-24)19-21-13-17-25(18-14-21)23-9-5-2-6-10-23;1-6-2-4-7(5-3-6)11(8,9)10/h1-19H;2-5H,1H3,(H,8,9,10)/q+1;/p-1. The Bertz CT molecular complexity index is 1460. The molecule has 0 atom stereocenters. The van der Waals surface area contributed by atoms with E-state index in [-0.39, 0.29) is 4.90 Å². The Morgan fingerprint density at radius 2 is 1.31 bits per heavy atom. The Kier molecular flexibility index (Phi) is 7.90. The zero-order chi connectivity index (χ0) is 25.4. The van der Waals surface area contributed by atoms with E-state index in [1.165, 1.54) is 23.3 Å². The topological polar surface area (TPSA) is 64.3 Å². The molecule has 0 fully saturated rings. The minimum absolute atomic E-state index is 0.178. The Labute approximate surface area is 212 Å². The van der Waals surface area contributed by atoms with Crippen molar-refractivity contribution in [1.29, 1.82) is 0 Å². The van der Waals surface area contributed by atoms with Gasteiger partial charge in [0.25, 0.3) is 0 Å². The molecule has 0 unspecified atom stereocenters. The monoisotopic (exact) mass is 494 g/mol. The average molecular weight is 495 g/mol. The van der Waals surface area contributed by atoms with Gasteiger partial charge in [0, 0.05) is 42.4 Å². The predicted molar refractivity (Wildman–Crippen MR) is 142 cm³/mol. The van der Waals surface area contributed by atoms with Crippen LogP contribution < -0.4 is 9.47 Å². The highest BCUT2D eigenvalue weighted by Crippen LogP contribution is 2.20. The third-order valence-corrected chi connectivity index (χ3v) is 6.31. The number of allylic oxidation sites excluding steroid dienone is 3. The van der Waals surface area contributed by atoms with Crippen LogP contribution in [-0.4, -0.2) is 13.0 Å². The van der Waals surface area contributed by atoms with Gasteiger partial charge in [-0.2, -0.15) is 4.57 Å². The Hall–Kier alpha value is -4.26. The first-order chi connectivity index (χ1) is 17.4. The number of aryl methyl sites for hydroxylation is 1. The van der Waals surface area contributed by atoms with Gasteiger partial charge in [0.1, 0.15) is 10.1 Å². The number of para-hydroxylation sites is 2. The lowest BCUT2D eigenvalue weighted by Crippen LogP contribution is -2.28. The average Bonchev–Trinajstić information content (AvgIpc) is 2.91. The van der Waals surface area contributed by atoms with E-state index in [4.69, 9.17) is 0 Å². The molecule has 0 spiro atoms. The van der Waals surface area contributed by atoms with Gasteiger partial charge in [-0.25, -0.2) is 8.42 Å². The summed E-state index contributed by atoms with van der Waals surface area (Å²) < 4.78 is 33.3. The van der Waals surface area contributed by atoms with Gasteiger partial charge in [-0.15, -0.1) is 0 Å². The molecule has 180 valence electrons. The second kappa shape index (κ2) is 11.4. The fourth-order valence-corrected chi connectivity index (χ4v) is 3.98. The van der Waals surface area contributed by atoms with Crippen LogP contribution in [0, 0.1) is 6.92 Å². The van der Waals surface area contributed by atoms with Crippen LogP contribution in [0.25, 0.3) is 11.8 Å². The quantitative estimate of drug-likeness (QED) is 0.266. The van der Waals surface area contributed by atoms with E-state index in [1.807, 2.05) is 43.3 Å². The maximum Gasteiger partial charge on any atom is 0.210 e. The van der Waals surface area contributed by atoms with Gasteiger partial charge in [-0.05, 0) is 60.6 Å². The maximum absolute atomic E-state index is 10.4. The molecule has 0 radical (unpaired) electrons. The summed E-state index contributed by atoms with van der Waals surface area (Å²) in [5.74, 6) is 0. The van der Waals surface area contributed by atoms with E-state index in [2.05, 4.69) is 88.9 Å². The number of aromatic nitrogens is 1. The van der Waals surface area contributed by atoms with E-state index in [1.54, 1.807) is 12.1 Å². The van der Waals surface area contributed by atoms with Crippen LogP contribution in [0.2, 0.25) is 0 Å². The Morgan fingerprint density at radius 3 is 1.86 bits per heavy atom. The number of pyridine rings is 1. The molecule has 36 heavy (non-hydrogen) atoms. The molecule has 2 heterocycles. The van der Waals surface area contributed by atoms with Crippen molar-refractivity contribution in [3.63, 3.8) is 0 Å². The number of hydrogen-bond donors (Lipinski definition) is 0. The van der Waals surface area contributed by atoms with E-state index in [9.17, 15) is 13.0 Å². The molecule has 0 saturated heterocycles. The van der Waals surface area contributed by atoms with Crippen LogP contribution in [0.5, 0.6) is 0 Å². The second-order valence-electron chi connectivity index (χ2n) is 8.16. The zero-order valence-electron chi connectivity index (χ0n) is 19.8. The summed E-state index contributed by atoms with van der Waals surface area (Å²) >= 11 is 0. The Morgan fingerprint density at radius 1 is 0.750 bits per heavy atom. The summed E-state index contributed by atoms with van der Waals surface area (Å²) in [6, 6.07) is 30.7. The van der Waals surface area contributed by atoms with Crippen LogP contribution >= 0.6 is 0 Å². The first kappa shape index (κ1) is 24.9. The van der Waals surface area contributed by atoms with Crippen molar-refractivity contribution in [2.24, 2.45) is 0 Å². The molecule has 0 bridgehead atoms. The molecule has 1 aromatic heterocycles. The van der Waals surface area contributed by atoms with Gasteiger partial charge in [-0.3, -0.25) is 0 Å². The van der Waals surface area contributed by atoms with Gasteiger partial charge in [0.2, 0.25) is 5.69 Å². The predicted octanol–water partition coefficient (Wildman–Crippen LogP) is 5.79. The van der Waals surface area contributed by atoms with E-state index in [0.29, 0.717) is 0 Å². The van der Waals surface area contributed by atoms with E-state index >= 15 is 0 Å². The highest BCUT2D eigenvalue weighted by molar-refractivity contribution is 7.85. The van der Waals surface area contributed by atoms with Crippen molar-refractivity contribution in [2.75, 3.05) is 4.90 Å². The SMILES string of the molecule is C1=CN(c2ccccc2)C=CC1=Cc1cc[n+](-c2ccccc2)cc1.Cc1ccc(S(=O)(=O)[O-])cc1. The Balaban J connectivity index is 0.000000233. The number of anilines is 1. The molecule has 0 saturated carbocycles. The second-order valence-corrected chi connectivity index (χ2v) is 9.54. The summed E-state index contributed by atoms with van der Waals surface area (Å²) in [5.41, 5.74) is 5.63. The molecule has 5 rings (SSSR count). The third-order valence-electron chi connectivity index (χ3n) is 5.46. The molecular weight excluding hydrogens is 468 g/mol. The van der Waals surface area contributed by atoms with Crippen LogP contribution in [0.4, 0.5) is 5.69 Å². The van der Waals surface area contributed by atoms with E-state index in [0.717, 1.165) is 16.9 Å². The van der Waals surface area contributed by atoms with E-state index < -0.39 is 10.1 Å². The molecule has 4 aromatic rings. The van der Waals surface area contributed by atoms with Crippen LogP contribution in [0.3, 0.4) is 0 Å². The third kappa shape index (κ3) is 6.88. The molecular formula is C30H26N2O3S. The van der Waals surface area contributed by atoms with Crippen molar-refractivity contribution >= 4 is 21.9 Å². The molecule has 5 nitrogen and oxygen atoms in total. The first-order valence-electron chi connectivity index (χ1n) is 11.4. The lowest BCUT2D eigenvalue weighted by atomic mass is 10.1. The lowest BCUT2D eigenvalue weighted by molar-refractivity contribution is -0.595. The normalized spacial score (nSPS) is 12.6. The number of nitrogens with zero attached hydrogens (tertiary/aromatic N) is 2. The minimum Gasteiger partial charge on any atom is -0.744 e. The molecule has 0 N–H and O–H groups in total. The van der Waals surface area contributed by atoms with Crippen LogP contribution in [0.15, 0.2) is 144 Å². The van der Waals surface area contributed by atoms with Crippen molar-refractivity contribution in [2.45, 2.75) is 11.8 Å². The summed E-state index contributed by atoms with van der Waals surface area (Å²) in [7, 11) is -4.27. The largest absolute Gasteiger partial charge is 0.744 e. The highest BCUT2D eigenvalue weighted by Gasteiger charge is 2.05. The van der Waals surface area contributed by atoms with Crippen molar-refractivity contribution in [3.8, 4) is 5.69 Å². The van der Waals surface area contributed by atoms with Crippen molar-refractivity contribution < 1.29 is 17.5 Å². The smallest absolute Gasteiger partial charge is 0.210 e. The molecule has 1 aliphatic heterocycles. The van der Waals surface area contributed by atoms with Gasteiger partial charge in [-0.1, -0.05) is 54.1 Å².